The molecular formula is C20H11ClN2O5. The highest BCUT2D eigenvalue weighted by Crippen LogP contribution is 2.36. The number of nitro benzene ring substituents is 1. The highest BCUT2D eigenvalue weighted by atomic mass is 35.5. The van der Waals surface area contributed by atoms with Gasteiger partial charge in [-0.25, -0.2) is 4.79 Å². The molecule has 0 spiro atoms. The Balaban J connectivity index is 1.86. The number of aromatic nitrogens is 1. The molecule has 2 aromatic heterocycles. The molecule has 138 valence electrons. The zero-order chi connectivity index (χ0) is 19.8. The van der Waals surface area contributed by atoms with Crippen molar-refractivity contribution in [2.75, 3.05) is 0 Å². The molecular weight excluding hydrogens is 384 g/mol. The van der Waals surface area contributed by atoms with Crippen molar-refractivity contribution in [2.24, 2.45) is 0 Å². The van der Waals surface area contributed by atoms with Crippen molar-refractivity contribution in [3.63, 3.8) is 0 Å². The Morgan fingerprint density at radius 2 is 1.86 bits per heavy atom. The molecule has 4 rings (SSSR count). The Morgan fingerprint density at radius 1 is 1.07 bits per heavy atom. The van der Waals surface area contributed by atoms with Crippen LogP contribution in [-0.2, 0) is 0 Å². The summed E-state index contributed by atoms with van der Waals surface area (Å²) < 4.78 is 5.14. The van der Waals surface area contributed by atoms with Gasteiger partial charge in [0.05, 0.1) is 16.0 Å². The minimum atomic E-state index is -0.915. The highest BCUT2D eigenvalue weighted by Gasteiger charge is 2.22. The fraction of sp³-hybridized carbons (Fsp3) is 0. The van der Waals surface area contributed by atoms with Gasteiger partial charge >= 0.3 is 11.3 Å². The Bertz CT molecular complexity index is 1280. The molecule has 2 aromatic carbocycles. The van der Waals surface area contributed by atoms with Gasteiger partial charge in [0.1, 0.15) is 11.3 Å². The van der Waals surface area contributed by atoms with E-state index < -0.39 is 22.0 Å². The zero-order valence-electron chi connectivity index (χ0n) is 14.1. The number of nitrogens with zero attached hydrogens (tertiary/aromatic N) is 2. The van der Waals surface area contributed by atoms with E-state index >= 15 is 0 Å². The summed E-state index contributed by atoms with van der Waals surface area (Å²) in [6.45, 7) is 0. The average molecular weight is 395 g/mol. The summed E-state index contributed by atoms with van der Waals surface area (Å²) in [5.74, 6) is -0.419. The van der Waals surface area contributed by atoms with Crippen LogP contribution in [-0.4, -0.2) is 15.0 Å². The topological polar surface area (TPSA) is 106 Å². The first kappa shape index (κ1) is 17.7. The third kappa shape index (κ3) is 2.97. The predicted octanol–water partition coefficient (Wildman–Crippen LogP) is 4.79. The first-order valence-corrected chi connectivity index (χ1v) is 8.49. The van der Waals surface area contributed by atoms with Gasteiger partial charge in [-0.3, -0.25) is 15.1 Å². The second-order valence-electron chi connectivity index (χ2n) is 5.97. The molecule has 0 radical (unpaired) electrons. The monoisotopic (exact) mass is 394 g/mol. The number of rotatable bonds is 3. The molecule has 1 N–H and O–H groups in total. The van der Waals surface area contributed by atoms with Gasteiger partial charge in [-0.05, 0) is 29.8 Å². The summed E-state index contributed by atoms with van der Waals surface area (Å²) in [4.78, 5) is 27.1. The Labute approximate surface area is 162 Å². The van der Waals surface area contributed by atoms with Crippen LogP contribution in [0.15, 0.2) is 70.0 Å². The standard InChI is InChI=1S/C20H11ClN2O5/c21-13-4-1-3-11(9-13)12-7-8-15(22-10-12)17-18(24)14-5-2-6-16(23(26)27)19(14)28-20(17)25/h1-10,24H. The predicted molar refractivity (Wildman–Crippen MR) is 104 cm³/mol. The van der Waals surface area contributed by atoms with E-state index in [-0.39, 0.29) is 22.2 Å². The number of hydrogen-bond acceptors (Lipinski definition) is 6. The lowest BCUT2D eigenvalue weighted by molar-refractivity contribution is -0.383. The molecule has 0 aliphatic rings. The van der Waals surface area contributed by atoms with Crippen LogP contribution in [0.1, 0.15) is 0 Å². The maximum atomic E-state index is 12.4. The van der Waals surface area contributed by atoms with Gasteiger partial charge in [0.15, 0.2) is 0 Å². The van der Waals surface area contributed by atoms with Crippen LogP contribution in [0, 0.1) is 10.1 Å². The second-order valence-corrected chi connectivity index (χ2v) is 6.40. The number of aromatic hydroxyl groups is 1. The number of non-ortho nitro benzene ring substituents is 1. The lowest BCUT2D eigenvalue weighted by Crippen LogP contribution is -2.05. The normalized spacial score (nSPS) is 10.9. The van der Waals surface area contributed by atoms with E-state index in [4.69, 9.17) is 16.0 Å². The molecule has 28 heavy (non-hydrogen) atoms. The largest absolute Gasteiger partial charge is 0.506 e. The van der Waals surface area contributed by atoms with E-state index in [1.807, 2.05) is 12.1 Å². The zero-order valence-corrected chi connectivity index (χ0v) is 14.9. The number of nitro groups is 1. The first-order chi connectivity index (χ1) is 13.5. The van der Waals surface area contributed by atoms with Gasteiger partial charge in [-0.1, -0.05) is 35.9 Å². The van der Waals surface area contributed by atoms with Crippen LogP contribution >= 0.6 is 11.6 Å². The fourth-order valence-corrected chi connectivity index (χ4v) is 3.13. The van der Waals surface area contributed by atoms with Crippen LogP contribution in [0.3, 0.4) is 0 Å². The Hall–Kier alpha value is -3.71. The van der Waals surface area contributed by atoms with Crippen LogP contribution in [0.4, 0.5) is 5.69 Å². The third-order valence-corrected chi connectivity index (χ3v) is 4.49. The van der Waals surface area contributed by atoms with Crippen molar-refractivity contribution in [1.82, 2.24) is 4.98 Å². The molecule has 0 bridgehead atoms. The number of benzene rings is 2. The summed E-state index contributed by atoms with van der Waals surface area (Å²) in [6.07, 6.45) is 1.54. The van der Waals surface area contributed by atoms with Crippen LogP contribution < -0.4 is 5.63 Å². The summed E-state index contributed by atoms with van der Waals surface area (Å²) in [5.41, 5.74) is 0.0388. The number of hydrogen-bond donors (Lipinski definition) is 1. The molecule has 0 saturated carbocycles. The van der Waals surface area contributed by atoms with Crippen molar-refractivity contribution >= 4 is 28.3 Å². The lowest BCUT2D eigenvalue weighted by atomic mass is 10.0. The maximum Gasteiger partial charge on any atom is 0.349 e. The quantitative estimate of drug-likeness (QED) is 0.304. The van der Waals surface area contributed by atoms with E-state index in [9.17, 15) is 20.0 Å². The van der Waals surface area contributed by atoms with Gasteiger partial charge in [0, 0.05) is 22.8 Å². The molecule has 0 fully saturated rings. The lowest BCUT2D eigenvalue weighted by Gasteiger charge is -2.07. The van der Waals surface area contributed by atoms with E-state index in [0.717, 1.165) is 11.1 Å². The van der Waals surface area contributed by atoms with Crippen molar-refractivity contribution in [2.45, 2.75) is 0 Å². The molecule has 0 atom stereocenters. The molecule has 0 aliphatic heterocycles. The fourth-order valence-electron chi connectivity index (χ4n) is 2.94. The van der Waals surface area contributed by atoms with Crippen molar-refractivity contribution in [3.05, 3.63) is 86.4 Å². The Kier molecular flexibility index (Phi) is 4.29. The third-order valence-electron chi connectivity index (χ3n) is 4.26. The van der Waals surface area contributed by atoms with Crippen molar-refractivity contribution in [1.29, 1.82) is 0 Å². The SMILES string of the molecule is O=c1oc2c([N+](=O)[O-])cccc2c(O)c1-c1ccc(-c2cccc(Cl)c2)cn1. The first-order valence-electron chi connectivity index (χ1n) is 8.11. The molecule has 4 aromatic rings. The smallest absolute Gasteiger partial charge is 0.349 e. The van der Waals surface area contributed by atoms with Crippen molar-refractivity contribution < 1.29 is 14.4 Å². The van der Waals surface area contributed by atoms with Gasteiger partial charge in [-0.2, -0.15) is 0 Å². The van der Waals surface area contributed by atoms with Gasteiger partial charge in [0.2, 0.25) is 5.58 Å². The number of fused-ring (bicyclic) bond motifs is 1. The molecule has 0 saturated heterocycles. The molecule has 2 heterocycles. The van der Waals surface area contributed by atoms with Gasteiger partial charge in [-0.15, -0.1) is 0 Å². The van der Waals surface area contributed by atoms with Crippen LogP contribution in [0.25, 0.3) is 33.4 Å². The molecule has 0 aliphatic carbocycles. The molecule has 0 amide bonds. The van der Waals surface area contributed by atoms with E-state index in [2.05, 4.69) is 4.98 Å². The molecule has 0 unspecified atom stereocenters. The molecule has 7 nitrogen and oxygen atoms in total. The van der Waals surface area contributed by atoms with Gasteiger partial charge < -0.3 is 9.52 Å². The summed E-state index contributed by atoms with van der Waals surface area (Å²) in [5, 5.41) is 22.3. The van der Waals surface area contributed by atoms with Crippen LogP contribution in [0.2, 0.25) is 5.02 Å². The van der Waals surface area contributed by atoms with E-state index in [1.165, 1.54) is 24.4 Å². The number of halogens is 1. The number of pyridine rings is 1. The summed E-state index contributed by atoms with van der Waals surface area (Å²) in [6, 6.07) is 14.5. The molecule has 8 heteroatoms. The van der Waals surface area contributed by atoms with E-state index in [0.29, 0.717) is 5.02 Å². The van der Waals surface area contributed by atoms with Crippen LogP contribution in [0.5, 0.6) is 5.75 Å². The van der Waals surface area contributed by atoms with Crippen molar-refractivity contribution in [3.8, 4) is 28.1 Å². The number of para-hydroxylation sites is 1. The average Bonchev–Trinajstić information content (AvgIpc) is 2.68. The summed E-state index contributed by atoms with van der Waals surface area (Å²) >= 11 is 6.00. The summed E-state index contributed by atoms with van der Waals surface area (Å²) in [7, 11) is 0. The maximum absolute atomic E-state index is 12.4. The Morgan fingerprint density at radius 3 is 2.54 bits per heavy atom. The second kappa shape index (κ2) is 6.79. The van der Waals surface area contributed by atoms with Gasteiger partial charge in [0.25, 0.3) is 0 Å². The minimum absolute atomic E-state index is 0.0597. The van der Waals surface area contributed by atoms with E-state index in [1.54, 1.807) is 24.3 Å². The minimum Gasteiger partial charge on any atom is -0.506 e. The highest BCUT2D eigenvalue weighted by molar-refractivity contribution is 6.30.